The molecule has 7 aromatic carbocycles. The molecule has 2 heterocycles. The summed E-state index contributed by atoms with van der Waals surface area (Å²) in [6.07, 6.45) is 0. The van der Waals surface area contributed by atoms with Crippen LogP contribution < -0.4 is 0 Å². The average molecular weight is 636 g/mol. The van der Waals surface area contributed by atoms with Crippen molar-refractivity contribution in [3.63, 3.8) is 0 Å². The van der Waals surface area contributed by atoms with Gasteiger partial charge in [0.1, 0.15) is 6.07 Å². The van der Waals surface area contributed by atoms with Crippen LogP contribution in [0.2, 0.25) is 0 Å². The fraction of sp³-hybridized carbons (Fsp3) is 0. The van der Waals surface area contributed by atoms with Crippen LogP contribution in [0, 0.1) is 29.2 Å². The topological polar surface area (TPSA) is 61.8 Å². The second-order valence-electron chi connectivity index (χ2n) is 12.2. The van der Waals surface area contributed by atoms with Crippen LogP contribution in [-0.2, 0) is 0 Å². The highest BCUT2D eigenvalue weighted by Gasteiger charge is 2.23. The molecule has 0 saturated heterocycles. The van der Waals surface area contributed by atoms with Gasteiger partial charge in [-0.05, 0) is 59.2 Å². The molecule has 2 aromatic heterocycles. The zero-order valence-electron chi connectivity index (χ0n) is 26.7. The number of fused-ring (bicyclic) bond motifs is 6. The van der Waals surface area contributed by atoms with Crippen LogP contribution in [0.3, 0.4) is 0 Å². The lowest BCUT2D eigenvalue weighted by atomic mass is 9.90. The quantitative estimate of drug-likeness (QED) is 0.181. The Labute approximate surface area is 288 Å². The minimum Gasteiger partial charge on any atom is -0.318 e. The number of hydrogen-bond donors (Lipinski definition) is 0. The highest BCUT2D eigenvalue weighted by molar-refractivity contribution is 6.11. The number of nitrogens with zero attached hydrogens (tertiary/aromatic N) is 5. The first-order chi connectivity index (χ1) is 24.7. The van der Waals surface area contributed by atoms with Crippen LogP contribution in [0.4, 0.5) is 5.69 Å². The van der Waals surface area contributed by atoms with E-state index in [4.69, 9.17) is 6.57 Å². The molecule has 9 aromatic rings. The number of para-hydroxylation sites is 4. The van der Waals surface area contributed by atoms with Crippen molar-refractivity contribution in [2.45, 2.75) is 0 Å². The maximum atomic E-state index is 10.9. The normalized spacial score (nSPS) is 11.1. The lowest BCUT2D eigenvalue weighted by Gasteiger charge is -2.20. The number of aromatic nitrogens is 2. The van der Waals surface area contributed by atoms with Crippen molar-refractivity contribution in [1.82, 2.24) is 9.13 Å². The molecule has 0 fully saturated rings. The molecule has 0 amide bonds. The second-order valence-corrected chi connectivity index (χ2v) is 12.2. The summed E-state index contributed by atoms with van der Waals surface area (Å²) in [6, 6.07) is 55.3. The first kappa shape index (κ1) is 28.8. The number of nitriles is 2. The van der Waals surface area contributed by atoms with E-state index in [0.717, 1.165) is 77.2 Å². The van der Waals surface area contributed by atoms with Crippen molar-refractivity contribution < 1.29 is 0 Å². The van der Waals surface area contributed by atoms with E-state index in [1.165, 1.54) is 0 Å². The first-order valence-electron chi connectivity index (χ1n) is 16.3. The Morgan fingerprint density at radius 3 is 1.62 bits per heavy atom. The average Bonchev–Trinajstić information content (AvgIpc) is 3.69. The van der Waals surface area contributed by atoms with Gasteiger partial charge in [-0.3, -0.25) is 0 Å². The molecule has 0 unspecified atom stereocenters. The smallest absolute Gasteiger partial charge is 0.211 e. The molecule has 0 aliphatic rings. The van der Waals surface area contributed by atoms with E-state index in [1.807, 2.05) is 97.1 Å². The molecule has 0 saturated carbocycles. The van der Waals surface area contributed by atoms with Gasteiger partial charge in [-0.15, -0.1) is 0 Å². The van der Waals surface area contributed by atoms with Crippen LogP contribution in [0.25, 0.3) is 82.1 Å². The summed E-state index contributed by atoms with van der Waals surface area (Å²) in [7, 11) is 0. The van der Waals surface area contributed by atoms with E-state index in [0.29, 0.717) is 16.8 Å². The van der Waals surface area contributed by atoms with Gasteiger partial charge in [-0.1, -0.05) is 109 Å². The molecular formula is C45H25N5. The summed E-state index contributed by atoms with van der Waals surface area (Å²) in [6.45, 7) is 8.26. The SMILES string of the molecule is [C-]#[N+]c1cccc(-c2ccccc2-c2cccc(-n3c4ccccc4c4cc(C#N)ccc43)c2C#N)c1-n1c2ccccc2c2ccccc21. The number of hydrogen-bond acceptors (Lipinski definition) is 2. The van der Waals surface area contributed by atoms with E-state index in [9.17, 15) is 10.5 Å². The van der Waals surface area contributed by atoms with Gasteiger partial charge >= 0.3 is 0 Å². The largest absolute Gasteiger partial charge is 0.318 e. The van der Waals surface area contributed by atoms with Gasteiger partial charge in [0.25, 0.3) is 0 Å². The monoisotopic (exact) mass is 635 g/mol. The molecule has 0 N–H and O–H groups in total. The van der Waals surface area contributed by atoms with Gasteiger partial charge in [0.2, 0.25) is 5.69 Å². The lowest BCUT2D eigenvalue weighted by Crippen LogP contribution is -2.01. The Bertz CT molecular complexity index is 2920. The van der Waals surface area contributed by atoms with Crippen LogP contribution in [0.5, 0.6) is 0 Å². The summed E-state index contributed by atoms with van der Waals surface area (Å²) < 4.78 is 4.33. The molecule has 50 heavy (non-hydrogen) atoms. The molecule has 9 rings (SSSR count). The van der Waals surface area contributed by atoms with Crippen LogP contribution in [-0.4, -0.2) is 9.13 Å². The van der Waals surface area contributed by atoms with Crippen molar-refractivity contribution >= 4 is 49.3 Å². The molecule has 230 valence electrons. The zero-order valence-corrected chi connectivity index (χ0v) is 26.7. The standard InChI is InChI=1S/C45H25N5/c1-48-39-19-10-18-36(45(39)50-41-21-8-4-14-33(41)34-15-5-9-22-42(34)50)31-13-3-2-12-30(31)32-17-11-23-43(38(32)28-47)49-40-20-7-6-16-35(40)37-26-29(27-46)24-25-44(37)49/h2-26H. The van der Waals surface area contributed by atoms with E-state index in [1.54, 1.807) is 0 Å². The molecule has 0 atom stereocenters. The second kappa shape index (κ2) is 11.4. The van der Waals surface area contributed by atoms with Gasteiger partial charge in [-0.2, -0.15) is 10.5 Å². The van der Waals surface area contributed by atoms with Crippen LogP contribution in [0.15, 0.2) is 152 Å². The predicted molar refractivity (Wildman–Crippen MR) is 202 cm³/mol. The predicted octanol–water partition coefficient (Wildman–Crippen LogP) is 11.5. The Balaban J connectivity index is 1.33. The maximum absolute atomic E-state index is 10.9. The summed E-state index contributed by atoms with van der Waals surface area (Å²) in [4.78, 5) is 4.03. The van der Waals surface area contributed by atoms with Crippen LogP contribution in [0.1, 0.15) is 11.1 Å². The first-order valence-corrected chi connectivity index (χ1v) is 16.3. The third kappa shape index (κ3) is 4.17. The van der Waals surface area contributed by atoms with Crippen LogP contribution >= 0.6 is 0 Å². The van der Waals surface area contributed by atoms with E-state index < -0.39 is 0 Å². The zero-order chi connectivity index (χ0) is 33.8. The fourth-order valence-electron chi connectivity index (χ4n) is 7.56. The van der Waals surface area contributed by atoms with Crippen molar-refractivity contribution in [3.8, 4) is 45.8 Å². The Morgan fingerprint density at radius 1 is 0.460 bits per heavy atom. The molecule has 0 aliphatic heterocycles. The Kier molecular flexibility index (Phi) is 6.56. The summed E-state index contributed by atoms with van der Waals surface area (Å²) >= 11 is 0. The Morgan fingerprint density at radius 2 is 0.980 bits per heavy atom. The molecule has 0 radical (unpaired) electrons. The van der Waals surface area contributed by atoms with Crippen molar-refractivity contribution in [1.29, 1.82) is 10.5 Å². The summed E-state index contributed by atoms with van der Waals surface area (Å²) in [5, 5.41) is 24.8. The van der Waals surface area contributed by atoms with Gasteiger partial charge < -0.3 is 9.13 Å². The highest BCUT2D eigenvalue weighted by atomic mass is 15.0. The molecule has 5 nitrogen and oxygen atoms in total. The van der Waals surface area contributed by atoms with Gasteiger partial charge in [0.05, 0.1) is 57.2 Å². The molecule has 5 heteroatoms. The summed E-state index contributed by atoms with van der Waals surface area (Å²) in [5.74, 6) is 0. The molecule has 0 bridgehead atoms. The number of rotatable bonds is 4. The van der Waals surface area contributed by atoms with Gasteiger partial charge in [0, 0.05) is 27.1 Å². The minimum atomic E-state index is 0.534. The molecule has 0 spiro atoms. The fourth-order valence-corrected chi connectivity index (χ4v) is 7.56. The van der Waals surface area contributed by atoms with Gasteiger partial charge in [-0.25, -0.2) is 4.85 Å². The molecular weight excluding hydrogens is 611 g/mol. The third-order valence-corrected chi connectivity index (χ3v) is 9.64. The summed E-state index contributed by atoms with van der Waals surface area (Å²) in [5.41, 5.74) is 10.7. The van der Waals surface area contributed by atoms with Crippen molar-refractivity contribution in [2.24, 2.45) is 0 Å². The van der Waals surface area contributed by atoms with Crippen molar-refractivity contribution in [3.05, 3.63) is 174 Å². The number of benzene rings is 7. The molecule has 0 aliphatic carbocycles. The van der Waals surface area contributed by atoms with Crippen molar-refractivity contribution in [2.75, 3.05) is 0 Å². The van der Waals surface area contributed by atoms with E-state index >= 15 is 0 Å². The highest BCUT2D eigenvalue weighted by Crippen LogP contribution is 2.44. The Hall–Kier alpha value is -7.39. The van der Waals surface area contributed by atoms with E-state index in [-0.39, 0.29) is 0 Å². The van der Waals surface area contributed by atoms with E-state index in [2.05, 4.69) is 80.7 Å². The minimum absolute atomic E-state index is 0.534. The third-order valence-electron chi connectivity index (χ3n) is 9.64. The van der Waals surface area contributed by atoms with Gasteiger partial charge in [0.15, 0.2) is 0 Å². The lowest BCUT2D eigenvalue weighted by molar-refractivity contribution is 1.17. The maximum Gasteiger partial charge on any atom is 0.211 e.